The van der Waals surface area contributed by atoms with Gasteiger partial charge in [0.15, 0.2) is 0 Å². The molecular weight excluding hydrogens is 264 g/mol. The van der Waals surface area contributed by atoms with Crippen molar-refractivity contribution in [1.29, 1.82) is 0 Å². The van der Waals surface area contributed by atoms with E-state index in [1.165, 1.54) is 17.5 Å². The van der Waals surface area contributed by atoms with E-state index in [1.54, 1.807) is 0 Å². The van der Waals surface area contributed by atoms with E-state index in [0.29, 0.717) is 0 Å². The molecule has 0 nitrogen and oxygen atoms in total. The molecule has 0 spiro atoms. The molecule has 0 fully saturated rings. The largest absolute Gasteiger partial charge is 0.0979 e. The fourth-order valence-electron chi connectivity index (χ4n) is 2.33. The number of hydrogen-bond acceptors (Lipinski definition) is 0. The van der Waals surface area contributed by atoms with Crippen LogP contribution in [0, 0.1) is 11.8 Å². The SMILES string of the molecule is C=CC(C#CCCCC)=C(c1ccccc1)c1ccccc1. The molecule has 0 aliphatic heterocycles. The third-order valence-corrected chi connectivity index (χ3v) is 3.48. The predicted octanol–water partition coefficient (Wildman–Crippen LogP) is 5.87. The lowest BCUT2D eigenvalue weighted by Crippen LogP contribution is -1.92. The van der Waals surface area contributed by atoms with Crippen molar-refractivity contribution in [2.75, 3.05) is 0 Å². The first-order valence-corrected chi connectivity index (χ1v) is 7.83. The molecule has 0 radical (unpaired) electrons. The highest BCUT2D eigenvalue weighted by molar-refractivity contribution is 5.86. The van der Waals surface area contributed by atoms with E-state index in [0.717, 1.165) is 24.0 Å². The predicted molar refractivity (Wildman–Crippen MR) is 96.4 cm³/mol. The second kappa shape index (κ2) is 8.70. The minimum absolute atomic E-state index is 0.935. The van der Waals surface area contributed by atoms with Gasteiger partial charge in [0, 0.05) is 17.6 Å². The van der Waals surface area contributed by atoms with Crippen LogP contribution < -0.4 is 0 Å². The van der Waals surface area contributed by atoms with Crippen molar-refractivity contribution in [1.82, 2.24) is 0 Å². The lowest BCUT2D eigenvalue weighted by atomic mass is 9.93. The Hall–Kier alpha value is -2.52. The van der Waals surface area contributed by atoms with Crippen LogP contribution in [-0.4, -0.2) is 0 Å². The van der Waals surface area contributed by atoms with Crippen LogP contribution in [0.1, 0.15) is 37.3 Å². The monoisotopic (exact) mass is 286 g/mol. The van der Waals surface area contributed by atoms with E-state index >= 15 is 0 Å². The van der Waals surface area contributed by atoms with Crippen LogP contribution in [0.15, 0.2) is 78.9 Å². The molecule has 2 aromatic carbocycles. The average molecular weight is 286 g/mol. The molecule has 0 amide bonds. The molecule has 110 valence electrons. The van der Waals surface area contributed by atoms with Crippen molar-refractivity contribution in [3.8, 4) is 11.8 Å². The molecule has 0 aliphatic carbocycles. The number of allylic oxidation sites excluding steroid dienone is 2. The second-order valence-corrected chi connectivity index (χ2v) is 5.13. The van der Waals surface area contributed by atoms with Gasteiger partial charge in [0.05, 0.1) is 0 Å². The van der Waals surface area contributed by atoms with E-state index in [2.05, 4.69) is 73.9 Å². The first-order chi connectivity index (χ1) is 10.9. The molecule has 0 bridgehead atoms. The summed E-state index contributed by atoms with van der Waals surface area (Å²) in [5, 5.41) is 0. The molecule has 0 saturated heterocycles. The van der Waals surface area contributed by atoms with Crippen molar-refractivity contribution in [3.05, 3.63) is 90.0 Å². The summed E-state index contributed by atoms with van der Waals surface area (Å²) in [6, 6.07) is 20.8. The van der Waals surface area contributed by atoms with Crippen LogP contribution in [0.25, 0.3) is 5.57 Å². The minimum atomic E-state index is 0.935. The summed E-state index contributed by atoms with van der Waals surface area (Å²) in [6.07, 6.45) is 5.12. The van der Waals surface area contributed by atoms with Crippen molar-refractivity contribution < 1.29 is 0 Å². The smallest absolute Gasteiger partial charge is 0.0323 e. The third kappa shape index (κ3) is 4.24. The zero-order chi connectivity index (χ0) is 15.6. The molecular formula is C22H22. The van der Waals surface area contributed by atoms with E-state index in [-0.39, 0.29) is 0 Å². The van der Waals surface area contributed by atoms with Gasteiger partial charge in [-0.3, -0.25) is 0 Å². The maximum atomic E-state index is 3.97. The Bertz CT molecular complexity index is 638. The van der Waals surface area contributed by atoms with Gasteiger partial charge in [-0.1, -0.05) is 98.5 Å². The lowest BCUT2D eigenvalue weighted by molar-refractivity contribution is 0.828. The van der Waals surface area contributed by atoms with Gasteiger partial charge < -0.3 is 0 Å². The van der Waals surface area contributed by atoms with Crippen LogP contribution in [0.4, 0.5) is 0 Å². The molecule has 0 aliphatic rings. The zero-order valence-corrected chi connectivity index (χ0v) is 13.2. The Morgan fingerprint density at radius 2 is 1.50 bits per heavy atom. The summed E-state index contributed by atoms with van der Waals surface area (Å²) in [5.41, 5.74) is 4.50. The number of benzene rings is 2. The number of rotatable bonds is 5. The van der Waals surface area contributed by atoms with Crippen LogP contribution in [-0.2, 0) is 0 Å². The summed E-state index contributed by atoms with van der Waals surface area (Å²) in [5.74, 6) is 6.59. The molecule has 0 unspecified atom stereocenters. The van der Waals surface area contributed by atoms with Gasteiger partial charge in [-0.2, -0.15) is 0 Å². The van der Waals surface area contributed by atoms with Crippen molar-refractivity contribution >= 4 is 5.57 Å². The average Bonchev–Trinajstić information content (AvgIpc) is 2.59. The van der Waals surface area contributed by atoms with Crippen molar-refractivity contribution in [2.24, 2.45) is 0 Å². The highest BCUT2D eigenvalue weighted by atomic mass is 14.1. The normalized spacial score (nSPS) is 9.50. The zero-order valence-electron chi connectivity index (χ0n) is 13.2. The Morgan fingerprint density at radius 3 is 1.95 bits per heavy atom. The molecule has 0 saturated carbocycles. The Kier molecular flexibility index (Phi) is 6.27. The fraction of sp³-hybridized carbons (Fsp3) is 0.182. The summed E-state index contributed by atoms with van der Waals surface area (Å²) in [6.45, 7) is 6.16. The summed E-state index contributed by atoms with van der Waals surface area (Å²) in [7, 11) is 0. The van der Waals surface area contributed by atoms with E-state index < -0.39 is 0 Å². The van der Waals surface area contributed by atoms with E-state index in [9.17, 15) is 0 Å². The Balaban J connectivity index is 2.52. The number of hydrogen-bond donors (Lipinski definition) is 0. The molecule has 2 aromatic rings. The highest BCUT2D eigenvalue weighted by Crippen LogP contribution is 2.27. The van der Waals surface area contributed by atoms with Crippen LogP contribution in [0.2, 0.25) is 0 Å². The van der Waals surface area contributed by atoms with Gasteiger partial charge in [0.2, 0.25) is 0 Å². The maximum Gasteiger partial charge on any atom is 0.0323 e. The van der Waals surface area contributed by atoms with E-state index in [1.807, 2.05) is 18.2 Å². The molecule has 0 aromatic heterocycles. The summed E-state index contributed by atoms with van der Waals surface area (Å²) >= 11 is 0. The molecule has 0 heterocycles. The Labute approximate surface area is 134 Å². The van der Waals surface area contributed by atoms with Crippen LogP contribution >= 0.6 is 0 Å². The molecule has 0 atom stereocenters. The fourth-order valence-corrected chi connectivity index (χ4v) is 2.33. The second-order valence-electron chi connectivity index (χ2n) is 5.13. The van der Waals surface area contributed by atoms with Crippen molar-refractivity contribution in [2.45, 2.75) is 26.2 Å². The van der Waals surface area contributed by atoms with Gasteiger partial charge in [-0.15, -0.1) is 0 Å². The Morgan fingerprint density at radius 1 is 0.955 bits per heavy atom. The molecule has 22 heavy (non-hydrogen) atoms. The lowest BCUT2D eigenvalue weighted by Gasteiger charge is -2.10. The highest BCUT2D eigenvalue weighted by Gasteiger charge is 2.08. The maximum absolute atomic E-state index is 3.97. The number of unbranched alkanes of at least 4 members (excludes halogenated alkanes) is 2. The van der Waals surface area contributed by atoms with Gasteiger partial charge in [0.25, 0.3) is 0 Å². The summed E-state index contributed by atoms with van der Waals surface area (Å²) in [4.78, 5) is 0. The standard InChI is InChI=1S/C22H22/c1-3-5-6-9-14-19(4-2)22(20-15-10-7-11-16-20)21-17-12-8-13-18-21/h4,7-8,10-13,15-18H,2-3,5-6H2,1H3. The first-order valence-electron chi connectivity index (χ1n) is 7.83. The van der Waals surface area contributed by atoms with Crippen molar-refractivity contribution in [3.63, 3.8) is 0 Å². The molecule has 0 heteroatoms. The molecule has 0 N–H and O–H groups in total. The van der Waals surface area contributed by atoms with Gasteiger partial charge in [0.1, 0.15) is 0 Å². The van der Waals surface area contributed by atoms with Gasteiger partial charge in [-0.05, 0) is 17.5 Å². The van der Waals surface area contributed by atoms with E-state index in [4.69, 9.17) is 0 Å². The van der Waals surface area contributed by atoms with Gasteiger partial charge in [-0.25, -0.2) is 0 Å². The molecule has 2 rings (SSSR count). The quantitative estimate of drug-likeness (QED) is 0.366. The summed E-state index contributed by atoms with van der Waals surface area (Å²) < 4.78 is 0. The third-order valence-electron chi connectivity index (χ3n) is 3.48. The first kappa shape index (κ1) is 15.9. The topological polar surface area (TPSA) is 0 Å². The van der Waals surface area contributed by atoms with Crippen LogP contribution in [0.5, 0.6) is 0 Å². The van der Waals surface area contributed by atoms with Crippen LogP contribution in [0.3, 0.4) is 0 Å². The minimum Gasteiger partial charge on any atom is -0.0979 e. The van der Waals surface area contributed by atoms with Gasteiger partial charge >= 0.3 is 0 Å².